The van der Waals surface area contributed by atoms with Crippen molar-refractivity contribution >= 4 is 0 Å². The third kappa shape index (κ3) is 3.27. The van der Waals surface area contributed by atoms with E-state index in [9.17, 15) is 0 Å². The van der Waals surface area contributed by atoms with Crippen molar-refractivity contribution in [3.8, 4) is 0 Å². The fourth-order valence-electron chi connectivity index (χ4n) is 2.88. The molecule has 0 saturated heterocycles. The fraction of sp³-hybridized carbons (Fsp3) is 1.00. The Morgan fingerprint density at radius 1 is 1.21 bits per heavy atom. The summed E-state index contributed by atoms with van der Waals surface area (Å²) in [4.78, 5) is 0. The summed E-state index contributed by atoms with van der Waals surface area (Å²) < 4.78 is 0. The zero-order valence-electron chi connectivity index (χ0n) is 10.2. The largest absolute Gasteiger partial charge is 0.314 e. The summed E-state index contributed by atoms with van der Waals surface area (Å²) in [5.41, 5.74) is 0. The predicted octanol–water partition coefficient (Wildman–Crippen LogP) is 3.59. The Bertz CT molecular complexity index is 144. The van der Waals surface area contributed by atoms with Gasteiger partial charge in [-0.25, -0.2) is 0 Å². The molecule has 0 aliphatic heterocycles. The lowest BCUT2D eigenvalue weighted by atomic mass is 9.87. The first kappa shape index (κ1) is 12.0. The van der Waals surface area contributed by atoms with Crippen LogP contribution in [0.3, 0.4) is 0 Å². The highest BCUT2D eigenvalue weighted by Gasteiger charge is 2.29. The molecule has 0 aromatic rings. The van der Waals surface area contributed by atoms with Crippen molar-refractivity contribution in [3.63, 3.8) is 0 Å². The molecule has 0 aromatic carbocycles. The van der Waals surface area contributed by atoms with Crippen LogP contribution in [0, 0.1) is 11.8 Å². The Labute approximate surface area is 89.7 Å². The number of hydrogen-bond donors (Lipinski definition) is 1. The van der Waals surface area contributed by atoms with Gasteiger partial charge in [0.05, 0.1) is 0 Å². The van der Waals surface area contributed by atoms with Gasteiger partial charge in [0.15, 0.2) is 0 Å². The molecule has 0 bridgehead atoms. The van der Waals surface area contributed by atoms with Gasteiger partial charge in [-0.15, -0.1) is 0 Å². The Morgan fingerprint density at radius 2 is 2.00 bits per heavy atom. The van der Waals surface area contributed by atoms with E-state index in [1.807, 2.05) is 0 Å². The summed E-state index contributed by atoms with van der Waals surface area (Å²) in [6.45, 7) is 8.20. The molecule has 3 atom stereocenters. The van der Waals surface area contributed by atoms with E-state index in [1.54, 1.807) is 0 Å². The highest BCUT2D eigenvalue weighted by atomic mass is 14.9. The van der Waals surface area contributed by atoms with Crippen LogP contribution >= 0.6 is 0 Å². The van der Waals surface area contributed by atoms with Crippen LogP contribution in [0.5, 0.6) is 0 Å². The van der Waals surface area contributed by atoms with Crippen LogP contribution in [0.15, 0.2) is 0 Å². The molecule has 0 amide bonds. The van der Waals surface area contributed by atoms with Crippen LogP contribution < -0.4 is 5.32 Å². The van der Waals surface area contributed by atoms with Gasteiger partial charge in [0.2, 0.25) is 0 Å². The maximum Gasteiger partial charge on any atom is 0.00977 e. The predicted molar refractivity (Wildman–Crippen MR) is 63.5 cm³/mol. The molecule has 1 nitrogen and oxygen atoms in total. The van der Waals surface area contributed by atoms with Crippen LogP contribution in [0.25, 0.3) is 0 Å². The molecule has 0 spiro atoms. The molecular weight excluding hydrogens is 170 g/mol. The minimum absolute atomic E-state index is 0.803. The topological polar surface area (TPSA) is 12.0 Å². The first-order valence-electron chi connectivity index (χ1n) is 6.53. The molecule has 14 heavy (non-hydrogen) atoms. The lowest BCUT2D eigenvalue weighted by molar-refractivity contribution is 0.282. The van der Waals surface area contributed by atoms with E-state index in [-0.39, 0.29) is 0 Å². The number of hydrogen-bond acceptors (Lipinski definition) is 1. The molecule has 1 fully saturated rings. The number of rotatable bonds is 6. The normalized spacial score (nSPS) is 29.4. The first-order chi connectivity index (χ1) is 6.79. The summed E-state index contributed by atoms with van der Waals surface area (Å²) in [6.07, 6.45) is 8.34. The Balaban J connectivity index is 2.39. The second-order valence-electron chi connectivity index (χ2n) is 4.92. The van der Waals surface area contributed by atoms with Crippen molar-refractivity contribution in [2.75, 3.05) is 6.54 Å². The average Bonchev–Trinajstić information content (AvgIpc) is 2.59. The van der Waals surface area contributed by atoms with Gasteiger partial charge in [-0.05, 0) is 37.6 Å². The highest BCUT2D eigenvalue weighted by Crippen LogP contribution is 2.34. The minimum atomic E-state index is 0.803. The van der Waals surface area contributed by atoms with Gasteiger partial charge in [-0.1, -0.05) is 40.0 Å². The van der Waals surface area contributed by atoms with E-state index < -0.39 is 0 Å². The maximum atomic E-state index is 3.74. The van der Waals surface area contributed by atoms with Crippen LogP contribution in [0.2, 0.25) is 0 Å². The van der Waals surface area contributed by atoms with Gasteiger partial charge < -0.3 is 5.32 Å². The summed E-state index contributed by atoms with van der Waals surface area (Å²) in [5, 5.41) is 3.74. The smallest absolute Gasteiger partial charge is 0.00977 e. The Kier molecular flexibility index (Phi) is 5.54. The molecule has 0 heterocycles. The Morgan fingerprint density at radius 3 is 2.50 bits per heavy atom. The zero-order chi connectivity index (χ0) is 10.4. The highest BCUT2D eigenvalue weighted by molar-refractivity contribution is 4.84. The molecule has 0 radical (unpaired) electrons. The van der Waals surface area contributed by atoms with Crippen molar-refractivity contribution in [2.45, 2.75) is 65.3 Å². The van der Waals surface area contributed by atoms with Gasteiger partial charge in [-0.3, -0.25) is 0 Å². The van der Waals surface area contributed by atoms with Crippen molar-refractivity contribution in [2.24, 2.45) is 11.8 Å². The van der Waals surface area contributed by atoms with Crippen LogP contribution in [0.1, 0.15) is 59.3 Å². The van der Waals surface area contributed by atoms with Crippen molar-refractivity contribution in [1.82, 2.24) is 5.32 Å². The number of nitrogens with one attached hydrogen (secondary N) is 1. The summed E-state index contributed by atoms with van der Waals surface area (Å²) >= 11 is 0. The third-order valence-electron chi connectivity index (χ3n) is 3.70. The lowest BCUT2D eigenvalue weighted by Gasteiger charge is -2.27. The van der Waals surface area contributed by atoms with E-state index in [1.165, 1.54) is 45.1 Å². The monoisotopic (exact) mass is 197 g/mol. The second-order valence-corrected chi connectivity index (χ2v) is 4.92. The van der Waals surface area contributed by atoms with E-state index in [0.717, 1.165) is 17.9 Å². The summed E-state index contributed by atoms with van der Waals surface area (Å²) in [5.74, 6) is 1.91. The Hall–Kier alpha value is -0.0400. The van der Waals surface area contributed by atoms with Gasteiger partial charge in [-0.2, -0.15) is 0 Å². The van der Waals surface area contributed by atoms with Crippen LogP contribution in [0.4, 0.5) is 0 Å². The second kappa shape index (κ2) is 6.44. The maximum absolute atomic E-state index is 3.74. The molecular formula is C13H27N. The van der Waals surface area contributed by atoms with Crippen molar-refractivity contribution in [3.05, 3.63) is 0 Å². The van der Waals surface area contributed by atoms with Crippen molar-refractivity contribution in [1.29, 1.82) is 0 Å². The molecule has 1 N–H and O–H groups in total. The SMILES string of the molecule is CCCNC(CCC)C1CCCC1C. The van der Waals surface area contributed by atoms with Crippen LogP contribution in [-0.2, 0) is 0 Å². The molecule has 1 heteroatoms. The van der Waals surface area contributed by atoms with Crippen LogP contribution in [-0.4, -0.2) is 12.6 Å². The molecule has 84 valence electrons. The molecule has 3 unspecified atom stereocenters. The van der Waals surface area contributed by atoms with Crippen molar-refractivity contribution < 1.29 is 0 Å². The summed E-state index contributed by atoms with van der Waals surface area (Å²) in [6, 6.07) is 0.803. The van der Waals surface area contributed by atoms with E-state index in [2.05, 4.69) is 26.1 Å². The van der Waals surface area contributed by atoms with E-state index in [0.29, 0.717) is 0 Å². The van der Waals surface area contributed by atoms with E-state index >= 15 is 0 Å². The fourth-order valence-corrected chi connectivity index (χ4v) is 2.88. The molecule has 1 saturated carbocycles. The van der Waals surface area contributed by atoms with Gasteiger partial charge in [0, 0.05) is 6.04 Å². The van der Waals surface area contributed by atoms with E-state index in [4.69, 9.17) is 0 Å². The van der Waals surface area contributed by atoms with Gasteiger partial charge >= 0.3 is 0 Å². The summed E-state index contributed by atoms with van der Waals surface area (Å²) in [7, 11) is 0. The molecule has 1 rings (SSSR count). The molecule has 0 aromatic heterocycles. The first-order valence-corrected chi connectivity index (χ1v) is 6.53. The van der Waals surface area contributed by atoms with Gasteiger partial charge in [0.25, 0.3) is 0 Å². The minimum Gasteiger partial charge on any atom is -0.314 e. The zero-order valence-corrected chi connectivity index (χ0v) is 10.2. The lowest BCUT2D eigenvalue weighted by Crippen LogP contribution is -2.37. The molecule has 1 aliphatic rings. The molecule has 1 aliphatic carbocycles. The average molecular weight is 197 g/mol. The third-order valence-corrected chi connectivity index (χ3v) is 3.70. The quantitative estimate of drug-likeness (QED) is 0.686. The van der Waals surface area contributed by atoms with Gasteiger partial charge in [0.1, 0.15) is 0 Å². The standard InChI is InChI=1S/C13H27N/c1-4-7-13(14-10-5-2)12-9-6-8-11(12)3/h11-14H,4-10H2,1-3H3.